The Morgan fingerprint density at radius 3 is 1.65 bits per heavy atom. The van der Waals surface area contributed by atoms with Crippen LogP contribution in [0.15, 0.2) is 48.5 Å². The van der Waals surface area contributed by atoms with E-state index in [-0.39, 0.29) is 0 Å². The Labute approximate surface area is 115 Å². The van der Waals surface area contributed by atoms with Gasteiger partial charge in [-0.25, -0.2) is 0 Å². The van der Waals surface area contributed by atoms with Crippen LogP contribution < -0.4 is 10.2 Å². The van der Waals surface area contributed by atoms with Gasteiger partial charge < -0.3 is 17.7 Å². The van der Waals surface area contributed by atoms with Gasteiger partial charge in [-0.05, 0) is 36.4 Å². The summed E-state index contributed by atoms with van der Waals surface area (Å²) in [4.78, 5) is 0. The van der Waals surface area contributed by atoms with Gasteiger partial charge in [-0.15, -0.1) is 5.46 Å². The number of ether oxygens (including phenoxy) is 1. The molecular weight excluding hydrogens is 264 g/mol. The van der Waals surface area contributed by atoms with Crippen LogP contribution in [0, 0.1) is 11.8 Å². The first kappa shape index (κ1) is 14.1. The van der Waals surface area contributed by atoms with Gasteiger partial charge in [0.25, 0.3) is 0 Å². The summed E-state index contributed by atoms with van der Waals surface area (Å²) in [5.41, 5.74) is 0.708. The van der Waals surface area contributed by atoms with Crippen LogP contribution in [-0.2, 0) is 0 Å². The summed E-state index contributed by atoms with van der Waals surface area (Å²) >= 11 is 0. The number of hydrogen-bond acceptors (Lipinski definition) is 1. The molecule has 2 aromatic carbocycles. The topological polar surface area (TPSA) is 9.23 Å². The largest absolute Gasteiger partial charge is 0.509 e. The molecule has 5 heteroatoms. The molecule has 0 heterocycles. The van der Waals surface area contributed by atoms with Crippen molar-refractivity contribution in [2.75, 3.05) is 7.11 Å². The lowest BCUT2D eigenvalue weighted by Crippen LogP contribution is -2.33. The molecule has 0 bridgehead atoms. The molecule has 0 unspecified atom stereocenters. The van der Waals surface area contributed by atoms with Gasteiger partial charge in [0, 0.05) is 11.1 Å². The molecule has 0 spiro atoms. The van der Waals surface area contributed by atoms with Crippen molar-refractivity contribution in [1.29, 1.82) is 0 Å². The lowest BCUT2D eigenvalue weighted by Gasteiger charge is -2.13. The Bertz CT molecular complexity index is 634. The zero-order chi connectivity index (χ0) is 14.6. The third kappa shape index (κ3) is 3.58. The van der Waals surface area contributed by atoms with E-state index in [0.717, 1.165) is 23.4 Å². The van der Waals surface area contributed by atoms with Crippen molar-refractivity contribution < 1.29 is 17.7 Å². The number of benzene rings is 2. The second kappa shape index (κ2) is 5.75. The third-order valence-electron chi connectivity index (χ3n) is 2.73. The van der Waals surface area contributed by atoms with E-state index in [1.54, 1.807) is 31.4 Å². The highest BCUT2D eigenvalue weighted by molar-refractivity contribution is 6.73. The summed E-state index contributed by atoms with van der Waals surface area (Å²) in [5.74, 6) is 6.44. The molecule has 0 fully saturated rings. The van der Waals surface area contributed by atoms with Crippen molar-refractivity contribution in [2.45, 2.75) is 0 Å². The lowest BCUT2D eigenvalue weighted by atomic mass is 9.80. The van der Waals surface area contributed by atoms with Crippen LogP contribution in [0.1, 0.15) is 11.1 Å². The fourth-order valence-electron chi connectivity index (χ4n) is 1.60. The molecular formula is C15H11BF3O-. The number of rotatable bonds is 2. The van der Waals surface area contributed by atoms with E-state index < -0.39 is 12.4 Å². The fraction of sp³-hybridized carbons (Fsp3) is 0.0667. The Balaban J connectivity index is 2.16. The van der Waals surface area contributed by atoms with Gasteiger partial charge in [0.05, 0.1) is 7.11 Å². The van der Waals surface area contributed by atoms with Crippen LogP contribution in [0.4, 0.5) is 12.9 Å². The first-order valence-corrected chi connectivity index (χ1v) is 5.95. The summed E-state index contributed by atoms with van der Waals surface area (Å²) in [5, 5.41) is 0. The van der Waals surface area contributed by atoms with E-state index in [9.17, 15) is 12.9 Å². The normalized spacial score (nSPS) is 10.6. The van der Waals surface area contributed by atoms with Crippen LogP contribution in [-0.4, -0.2) is 14.1 Å². The number of methoxy groups -OCH3 is 1. The smallest absolute Gasteiger partial charge is 0.497 e. The van der Waals surface area contributed by atoms with E-state index in [2.05, 4.69) is 11.8 Å². The van der Waals surface area contributed by atoms with E-state index in [4.69, 9.17) is 4.74 Å². The van der Waals surface area contributed by atoms with Crippen LogP contribution in [0.25, 0.3) is 0 Å². The highest BCUT2D eigenvalue weighted by Gasteiger charge is 2.24. The SMILES string of the molecule is COc1ccc(C#Cc2ccc([B-](F)(F)F)cc2)cc1. The van der Waals surface area contributed by atoms with Crippen molar-refractivity contribution in [2.24, 2.45) is 0 Å². The molecule has 0 N–H and O–H groups in total. The molecule has 0 aromatic heterocycles. The second-order valence-corrected chi connectivity index (χ2v) is 4.18. The predicted octanol–water partition coefficient (Wildman–Crippen LogP) is 3.15. The first-order valence-electron chi connectivity index (χ1n) is 5.95. The molecule has 0 atom stereocenters. The van der Waals surface area contributed by atoms with Crippen LogP contribution in [0.2, 0.25) is 0 Å². The number of halogens is 3. The van der Waals surface area contributed by atoms with E-state index >= 15 is 0 Å². The monoisotopic (exact) mass is 275 g/mol. The molecule has 0 saturated heterocycles. The summed E-state index contributed by atoms with van der Waals surface area (Å²) < 4.78 is 42.4. The maximum Gasteiger partial charge on any atom is 0.509 e. The van der Waals surface area contributed by atoms with Crippen molar-refractivity contribution >= 4 is 12.4 Å². The van der Waals surface area contributed by atoms with Crippen molar-refractivity contribution in [3.8, 4) is 17.6 Å². The van der Waals surface area contributed by atoms with Gasteiger partial charge in [-0.2, -0.15) is 0 Å². The van der Waals surface area contributed by atoms with Crippen molar-refractivity contribution in [1.82, 2.24) is 0 Å². The minimum absolute atomic E-state index is 0.546. The molecule has 1 nitrogen and oxygen atoms in total. The molecule has 2 rings (SSSR count). The van der Waals surface area contributed by atoms with Gasteiger partial charge in [0.2, 0.25) is 0 Å². The van der Waals surface area contributed by atoms with Gasteiger partial charge in [-0.3, -0.25) is 0 Å². The Hall–Kier alpha value is -2.35. The second-order valence-electron chi connectivity index (χ2n) is 4.18. The Kier molecular flexibility index (Phi) is 4.04. The number of hydrogen-bond donors (Lipinski definition) is 0. The van der Waals surface area contributed by atoms with Crippen molar-refractivity contribution in [3.05, 3.63) is 59.7 Å². The maximum atomic E-state index is 12.5. The Morgan fingerprint density at radius 1 is 0.800 bits per heavy atom. The minimum Gasteiger partial charge on any atom is -0.497 e. The fourth-order valence-corrected chi connectivity index (χ4v) is 1.60. The van der Waals surface area contributed by atoms with E-state index in [1.165, 1.54) is 12.1 Å². The average molecular weight is 275 g/mol. The highest BCUT2D eigenvalue weighted by atomic mass is 19.4. The standard InChI is InChI=1S/C15H11BF3O/c1-20-15-10-6-13(7-11-15)3-2-12-4-8-14(9-5-12)16(17,18)19/h4-11H,1H3/q-1. The quantitative estimate of drug-likeness (QED) is 0.604. The highest BCUT2D eigenvalue weighted by Crippen LogP contribution is 2.11. The molecule has 2 aromatic rings. The summed E-state index contributed by atoms with van der Waals surface area (Å²) in [6.45, 7) is -4.95. The Morgan fingerprint density at radius 2 is 1.25 bits per heavy atom. The lowest BCUT2D eigenvalue weighted by molar-refractivity contribution is 0.415. The minimum atomic E-state index is -4.95. The molecule has 0 aliphatic heterocycles. The van der Waals surface area contributed by atoms with Crippen LogP contribution in [0.5, 0.6) is 5.75 Å². The molecule has 0 radical (unpaired) electrons. The van der Waals surface area contributed by atoms with Gasteiger partial charge in [-0.1, -0.05) is 24.0 Å². The molecule has 0 aliphatic rings. The van der Waals surface area contributed by atoms with Gasteiger partial charge in [0.1, 0.15) is 5.75 Å². The van der Waals surface area contributed by atoms with Crippen molar-refractivity contribution in [3.63, 3.8) is 0 Å². The zero-order valence-corrected chi connectivity index (χ0v) is 10.7. The molecule has 0 saturated carbocycles. The third-order valence-corrected chi connectivity index (χ3v) is 2.73. The average Bonchev–Trinajstić information content (AvgIpc) is 2.45. The summed E-state index contributed by atoms with van der Waals surface area (Å²) in [6, 6.07) is 12.0. The maximum absolute atomic E-state index is 12.5. The molecule has 102 valence electrons. The zero-order valence-electron chi connectivity index (χ0n) is 10.7. The molecule has 0 aliphatic carbocycles. The summed E-state index contributed by atoms with van der Waals surface area (Å²) in [7, 11) is 1.57. The molecule has 0 amide bonds. The van der Waals surface area contributed by atoms with Crippen LogP contribution in [0.3, 0.4) is 0 Å². The summed E-state index contributed by atoms with van der Waals surface area (Å²) in [6.07, 6.45) is 0. The first-order chi connectivity index (χ1) is 9.49. The van der Waals surface area contributed by atoms with Gasteiger partial charge >= 0.3 is 6.98 Å². The van der Waals surface area contributed by atoms with Crippen LogP contribution >= 0.6 is 0 Å². The van der Waals surface area contributed by atoms with E-state index in [1.807, 2.05) is 0 Å². The van der Waals surface area contributed by atoms with Gasteiger partial charge in [0.15, 0.2) is 0 Å². The van der Waals surface area contributed by atoms with E-state index in [0.29, 0.717) is 5.56 Å². The molecule has 20 heavy (non-hydrogen) atoms. The predicted molar refractivity (Wildman–Crippen MR) is 74.1 cm³/mol.